The van der Waals surface area contributed by atoms with Crippen molar-refractivity contribution in [2.45, 2.75) is 39.4 Å². The molecule has 1 amide bonds. The van der Waals surface area contributed by atoms with Crippen LogP contribution in [0, 0.1) is 13.8 Å². The van der Waals surface area contributed by atoms with E-state index in [1.807, 2.05) is 11.1 Å². The van der Waals surface area contributed by atoms with Gasteiger partial charge in [0, 0.05) is 44.1 Å². The fourth-order valence-electron chi connectivity index (χ4n) is 4.36. The summed E-state index contributed by atoms with van der Waals surface area (Å²) in [6.45, 7) is 8.21. The summed E-state index contributed by atoms with van der Waals surface area (Å²) < 4.78 is 5.31. The van der Waals surface area contributed by atoms with E-state index in [1.54, 1.807) is 0 Å². The second kappa shape index (κ2) is 8.61. The molecule has 154 valence electrons. The highest BCUT2D eigenvalue weighted by atomic mass is 16.5. The van der Waals surface area contributed by atoms with Gasteiger partial charge in [-0.05, 0) is 55.6 Å². The van der Waals surface area contributed by atoms with Gasteiger partial charge in [0.05, 0.1) is 12.3 Å². The van der Waals surface area contributed by atoms with Gasteiger partial charge in [0.25, 0.3) is 5.91 Å². The molecule has 0 aliphatic carbocycles. The Morgan fingerprint density at radius 3 is 3.00 bits per heavy atom. The van der Waals surface area contributed by atoms with E-state index in [9.17, 15) is 4.79 Å². The van der Waals surface area contributed by atoms with Crippen molar-refractivity contribution in [2.75, 3.05) is 38.3 Å². The van der Waals surface area contributed by atoms with Crippen LogP contribution in [-0.4, -0.2) is 55.2 Å². The molecule has 2 aliphatic rings. The van der Waals surface area contributed by atoms with Crippen LogP contribution in [0.2, 0.25) is 0 Å². The molecule has 0 unspecified atom stereocenters. The van der Waals surface area contributed by atoms with Crippen molar-refractivity contribution in [3.8, 4) is 0 Å². The second-order valence-corrected chi connectivity index (χ2v) is 8.27. The predicted octanol–water partition coefficient (Wildman–Crippen LogP) is 2.21. The van der Waals surface area contributed by atoms with Crippen molar-refractivity contribution in [2.24, 2.45) is 0 Å². The number of likely N-dealkylation sites (N-methyl/N-ethyl adjacent to an activating group) is 1. The molecular weight excluding hydrogens is 364 g/mol. The first-order chi connectivity index (χ1) is 14.0. The van der Waals surface area contributed by atoms with Gasteiger partial charge in [0.2, 0.25) is 0 Å². The molecule has 4 rings (SSSR count). The number of rotatable bonds is 5. The van der Waals surface area contributed by atoms with E-state index in [4.69, 9.17) is 4.74 Å². The molecule has 3 heterocycles. The number of ether oxygens (including phenoxy) is 1. The number of carbonyl (C=O) groups excluding carboxylic acids is 1. The Morgan fingerprint density at radius 2 is 2.21 bits per heavy atom. The number of aromatic nitrogens is 1. The normalized spacial score (nSPS) is 19.5. The van der Waals surface area contributed by atoms with E-state index in [1.165, 1.54) is 22.3 Å². The monoisotopic (exact) mass is 394 g/mol. The SMILES string of the molecule is Cc1cnc(CN(C)C[C@H]2Cc3c(cccc3N3CCOCC3=O)CN2)c(C)c1. The van der Waals surface area contributed by atoms with E-state index in [2.05, 4.69) is 60.4 Å². The van der Waals surface area contributed by atoms with Gasteiger partial charge in [0.15, 0.2) is 0 Å². The summed E-state index contributed by atoms with van der Waals surface area (Å²) in [5, 5.41) is 3.67. The minimum Gasteiger partial charge on any atom is -0.370 e. The Hall–Kier alpha value is -2.28. The Balaban J connectivity index is 1.46. The molecule has 2 aliphatic heterocycles. The molecule has 0 bridgehead atoms. The number of hydrogen-bond acceptors (Lipinski definition) is 5. The van der Waals surface area contributed by atoms with Crippen LogP contribution in [0.15, 0.2) is 30.5 Å². The molecular formula is C23H30N4O2. The van der Waals surface area contributed by atoms with Crippen molar-refractivity contribution in [3.63, 3.8) is 0 Å². The quantitative estimate of drug-likeness (QED) is 0.843. The summed E-state index contributed by atoms with van der Waals surface area (Å²) in [7, 11) is 2.15. The van der Waals surface area contributed by atoms with Crippen molar-refractivity contribution < 1.29 is 9.53 Å². The highest BCUT2D eigenvalue weighted by Crippen LogP contribution is 2.29. The predicted molar refractivity (Wildman–Crippen MR) is 114 cm³/mol. The van der Waals surface area contributed by atoms with E-state index in [-0.39, 0.29) is 12.5 Å². The maximum Gasteiger partial charge on any atom is 0.253 e. The Morgan fingerprint density at radius 1 is 1.34 bits per heavy atom. The van der Waals surface area contributed by atoms with Crippen LogP contribution in [0.5, 0.6) is 0 Å². The number of pyridine rings is 1. The number of nitrogens with zero attached hydrogens (tertiary/aromatic N) is 3. The van der Waals surface area contributed by atoms with Gasteiger partial charge in [-0.1, -0.05) is 18.2 Å². The molecule has 1 saturated heterocycles. The molecule has 1 atom stereocenters. The van der Waals surface area contributed by atoms with Crippen molar-refractivity contribution in [3.05, 3.63) is 58.4 Å². The molecule has 29 heavy (non-hydrogen) atoms. The molecule has 1 N–H and O–H groups in total. The van der Waals surface area contributed by atoms with Crippen LogP contribution in [0.1, 0.15) is 27.9 Å². The van der Waals surface area contributed by atoms with E-state index in [0.717, 1.165) is 37.4 Å². The summed E-state index contributed by atoms with van der Waals surface area (Å²) in [5.41, 5.74) is 7.22. The minimum atomic E-state index is 0.0535. The van der Waals surface area contributed by atoms with E-state index >= 15 is 0 Å². The zero-order chi connectivity index (χ0) is 20.4. The lowest BCUT2D eigenvalue weighted by molar-refractivity contribution is -0.125. The van der Waals surface area contributed by atoms with Crippen LogP contribution in [0.4, 0.5) is 5.69 Å². The fraction of sp³-hybridized carbons (Fsp3) is 0.478. The summed E-state index contributed by atoms with van der Waals surface area (Å²) in [6.07, 6.45) is 2.86. The molecule has 6 nitrogen and oxygen atoms in total. The molecule has 1 fully saturated rings. The number of carbonyl (C=O) groups is 1. The van der Waals surface area contributed by atoms with Gasteiger partial charge in [-0.25, -0.2) is 0 Å². The highest BCUT2D eigenvalue weighted by Gasteiger charge is 2.27. The first-order valence-electron chi connectivity index (χ1n) is 10.3. The topological polar surface area (TPSA) is 57.7 Å². The van der Waals surface area contributed by atoms with Crippen LogP contribution in [0.3, 0.4) is 0 Å². The zero-order valence-electron chi connectivity index (χ0n) is 17.6. The number of anilines is 1. The van der Waals surface area contributed by atoms with Crippen LogP contribution in [0.25, 0.3) is 0 Å². The summed E-state index contributed by atoms with van der Waals surface area (Å²) in [5.74, 6) is 0.0535. The first kappa shape index (κ1) is 20.0. The van der Waals surface area contributed by atoms with Crippen molar-refractivity contribution >= 4 is 11.6 Å². The van der Waals surface area contributed by atoms with Crippen molar-refractivity contribution in [1.29, 1.82) is 0 Å². The van der Waals surface area contributed by atoms with Crippen LogP contribution < -0.4 is 10.2 Å². The second-order valence-electron chi connectivity index (χ2n) is 8.27. The third kappa shape index (κ3) is 4.50. The van der Waals surface area contributed by atoms with Crippen LogP contribution in [-0.2, 0) is 29.0 Å². The number of hydrogen-bond donors (Lipinski definition) is 1. The average Bonchev–Trinajstić information content (AvgIpc) is 2.70. The summed E-state index contributed by atoms with van der Waals surface area (Å²) in [4.78, 5) is 21.2. The average molecular weight is 395 g/mol. The zero-order valence-corrected chi connectivity index (χ0v) is 17.6. The highest BCUT2D eigenvalue weighted by molar-refractivity contribution is 5.95. The van der Waals surface area contributed by atoms with Gasteiger partial charge in [0.1, 0.15) is 6.61 Å². The summed E-state index contributed by atoms with van der Waals surface area (Å²) >= 11 is 0. The third-order valence-corrected chi connectivity index (χ3v) is 5.83. The lowest BCUT2D eigenvalue weighted by Gasteiger charge is -2.34. The standard InChI is InChI=1S/C23H30N4O2/c1-16-9-17(2)21(25-11-16)14-26(3)13-19-10-20-18(12-24-19)5-4-6-22(20)27-7-8-29-15-23(27)28/h4-6,9,11,19,24H,7-8,10,12-15H2,1-3H3/t19-/m1/s1. The molecule has 1 aromatic heterocycles. The van der Waals surface area contributed by atoms with Crippen LogP contribution >= 0.6 is 0 Å². The largest absolute Gasteiger partial charge is 0.370 e. The number of aryl methyl sites for hydroxylation is 2. The molecule has 1 aromatic carbocycles. The molecule has 0 radical (unpaired) electrons. The molecule has 2 aromatic rings. The third-order valence-electron chi connectivity index (χ3n) is 5.83. The Bertz CT molecular complexity index is 898. The van der Waals surface area contributed by atoms with Gasteiger partial charge in [-0.15, -0.1) is 0 Å². The number of nitrogens with one attached hydrogen (secondary N) is 1. The Labute approximate surface area is 172 Å². The molecule has 6 heteroatoms. The van der Waals surface area contributed by atoms with Crippen molar-refractivity contribution in [1.82, 2.24) is 15.2 Å². The molecule has 0 spiro atoms. The molecule has 0 saturated carbocycles. The van der Waals surface area contributed by atoms with E-state index in [0.29, 0.717) is 19.2 Å². The van der Waals surface area contributed by atoms with Gasteiger partial charge >= 0.3 is 0 Å². The lowest BCUT2D eigenvalue weighted by atomic mass is 9.93. The number of morpholine rings is 1. The minimum absolute atomic E-state index is 0.0535. The Kier molecular flexibility index (Phi) is 5.94. The van der Waals surface area contributed by atoms with Gasteiger partial charge < -0.3 is 15.0 Å². The van der Waals surface area contributed by atoms with Gasteiger partial charge in [-0.2, -0.15) is 0 Å². The smallest absolute Gasteiger partial charge is 0.253 e. The number of benzene rings is 1. The maximum atomic E-state index is 12.4. The number of fused-ring (bicyclic) bond motifs is 1. The fourth-order valence-corrected chi connectivity index (χ4v) is 4.36. The summed E-state index contributed by atoms with van der Waals surface area (Å²) in [6, 6.07) is 8.83. The number of amides is 1. The van der Waals surface area contributed by atoms with Gasteiger partial charge in [-0.3, -0.25) is 14.7 Å². The van der Waals surface area contributed by atoms with E-state index < -0.39 is 0 Å². The lowest BCUT2D eigenvalue weighted by Crippen LogP contribution is -2.46. The first-order valence-corrected chi connectivity index (χ1v) is 10.3. The maximum absolute atomic E-state index is 12.4.